The fourth-order valence-electron chi connectivity index (χ4n) is 9.73. The van der Waals surface area contributed by atoms with E-state index in [2.05, 4.69) is 163 Å². The molecule has 0 radical (unpaired) electrons. The number of allylic oxidation sites excluding steroid dienone is 4. The quantitative estimate of drug-likeness (QED) is 0.176. The van der Waals surface area contributed by atoms with Gasteiger partial charge >= 0.3 is 0 Å². The van der Waals surface area contributed by atoms with Crippen LogP contribution in [0, 0.1) is 5.92 Å². The molecule has 0 saturated carbocycles. The van der Waals surface area contributed by atoms with E-state index in [1.807, 2.05) is 24.3 Å². The molecule has 12 rings (SSSR count). The van der Waals surface area contributed by atoms with Gasteiger partial charge in [0.05, 0.1) is 27.9 Å². The molecule has 0 amide bonds. The first-order chi connectivity index (χ1) is 28.7. The van der Waals surface area contributed by atoms with E-state index in [0.29, 0.717) is 5.92 Å². The zero-order valence-electron chi connectivity index (χ0n) is 32.0. The Morgan fingerprint density at radius 2 is 1.29 bits per heavy atom. The number of hydrogen-bond acceptors (Lipinski definition) is 2. The molecule has 1 aliphatic carbocycles. The second-order valence-electron chi connectivity index (χ2n) is 15.5. The van der Waals surface area contributed by atoms with Crippen LogP contribution < -0.4 is 0 Å². The second-order valence-corrected chi connectivity index (χ2v) is 15.5. The Morgan fingerprint density at radius 3 is 2.12 bits per heavy atom. The van der Waals surface area contributed by atoms with E-state index >= 15 is 0 Å². The number of para-hydroxylation sites is 5. The summed E-state index contributed by atoms with van der Waals surface area (Å²) in [6.07, 6.45) is 9.00. The minimum Gasteiger partial charge on any atom is -0.654 e. The van der Waals surface area contributed by atoms with E-state index < -0.39 is 0 Å². The summed E-state index contributed by atoms with van der Waals surface area (Å²) < 4.78 is 2.47. The molecule has 0 bridgehead atoms. The fourth-order valence-corrected chi connectivity index (χ4v) is 9.73. The van der Waals surface area contributed by atoms with E-state index in [1.54, 1.807) is 0 Å². The molecule has 0 N–H and O–H groups in total. The Morgan fingerprint density at radius 1 is 0.603 bits per heavy atom. The highest BCUT2D eigenvalue weighted by atomic mass is 15.1. The van der Waals surface area contributed by atoms with Gasteiger partial charge in [-0.2, -0.15) is 0 Å². The van der Waals surface area contributed by atoms with Crippen LogP contribution in [0.2, 0.25) is 0 Å². The van der Waals surface area contributed by atoms with Crippen molar-refractivity contribution in [1.29, 1.82) is 0 Å². The SMILES string of the molecule is CCC1CC=CC=C1c1c2c3c(c4cc(-c5ccc(-c6nc7ccccc7nc6-c6ccccc6)c6ccccc56)ccc14)c1ccccc1n3-c1ccccc1[N-]2. The largest absolute Gasteiger partial charge is 0.654 e. The van der Waals surface area contributed by atoms with Crippen LogP contribution in [0.5, 0.6) is 0 Å². The van der Waals surface area contributed by atoms with Crippen molar-refractivity contribution in [1.82, 2.24) is 14.5 Å². The van der Waals surface area contributed by atoms with Crippen LogP contribution in [0.3, 0.4) is 0 Å². The Balaban J connectivity index is 1.15. The third-order valence-corrected chi connectivity index (χ3v) is 12.4. The third-order valence-electron chi connectivity index (χ3n) is 12.4. The maximum atomic E-state index is 5.53. The highest BCUT2D eigenvalue weighted by molar-refractivity contribution is 6.30. The van der Waals surface area contributed by atoms with Crippen molar-refractivity contribution in [2.45, 2.75) is 19.8 Å². The van der Waals surface area contributed by atoms with Gasteiger partial charge < -0.3 is 9.88 Å². The molecule has 4 heteroatoms. The summed E-state index contributed by atoms with van der Waals surface area (Å²) in [4.78, 5) is 10.5. The van der Waals surface area contributed by atoms with Crippen LogP contribution in [0.4, 0.5) is 11.4 Å². The average molecular weight is 742 g/mol. The van der Waals surface area contributed by atoms with E-state index in [4.69, 9.17) is 15.3 Å². The van der Waals surface area contributed by atoms with Crippen molar-refractivity contribution in [3.8, 4) is 39.3 Å². The van der Waals surface area contributed by atoms with Gasteiger partial charge in [0.25, 0.3) is 0 Å². The molecule has 1 atom stereocenters. The molecule has 0 saturated heterocycles. The van der Waals surface area contributed by atoms with Gasteiger partial charge in [-0.15, -0.1) is 11.4 Å². The van der Waals surface area contributed by atoms with Gasteiger partial charge in [-0.05, 0) is 92.9 Å². The van der Waals surface area contributed by atoms with Gasteiger partial charge in [0.2, 0.25) is 0 Å². The number of aromatic nitrogens is 3. The van der Waals surface area contributed by atoms with Crippen molar-refractivity contribution in [2.24, 2.45) is 5.92 Å². The zero-order chi connectivity index (χ0) is 38.3. The topological polar surface area (TPSA) is 44.8 Å². The summed E-state index contributed by atoms with van der Waals surface area (Å²) >= 11 is 0. The molecular weight excluding hydrogens is 705 g/mol. The Labute approximate surface area is 336 Å². The van der Waals surface area contributed by atoms with Gasteiger partial charge in [0.1, 0.15) is 0 Å². The molecule has 58 heavy (non-hydrogen) atoms. The molecule has 10 aromatic rings. The minimum absolute atomic E-state index is 0.419. The van der Waals surface area contributed by atoms with Crippen LogP contribution >= 0.6 is 0 Å². The normalized spacial score (nSPS) is 14.6. The van der Waals surface area contributed by atoms with Gasteiger partial charge in [0.15, 0.2) is 0 Å². The molecule has 4 nitrogen and oxygen atoms in total. The van der Waals surface area contributed by atoms with Crippen molar-refractivity contribution < 1.29 is 0 Å². The van der Waals surface area contributed by atoms with Crippen LogP contribution in [0.1, 0.15) is 25.3 Å². The summed E-state index contributed by atoms with van der Waals surface area (Å²) in [5.74, 6) is 0.419. The van der Waals surface area contributed by atoms with Crippen molar-refractivity contribution in [3.63, 3.8) is 0 Å². The van der Waals surface area contributed by atoms with Gasteiger partial charge in [0, 0.05) is 33.1 Å². The summed E-state index contributed by atoms with van der Waals surface area (Å²) in [6.45, 7) is 2.31. The Hall–Kier alpha value is -7.30. The Kier molecular flexibility index (Phi) is 7.30. The maximum absolute atomic E-state index is 5.53. The Bertz CT molecular complexity index is 3390. The minimum atomic E-state index is 0.419. The number of rotatable bonds is 5. The van der Waals surface area contributed by atoms with Crippen molar-refractivity contribution in [3.05, 3.63) is 187 Å². The lowest BCUT2D eigenvalue weighted by atomic mass is 9.80. The monoisotopic (exact) mass is 741 g/mol. The number of nitrogens with zero attached hydrogens (tertiary/aromatic N) is 4. The zero-order valence-corrected chi connectivity index (χ0v) is 32.0. The molecule has 1 unspecified atom stereocenters. The highest BCUT2D eigenvalue weighted by Crippen LogP contribution is 2.56. The first kappa shape index (κ1) is 32.9. The average Bonchev–Trinajstić information content (AvgIpc) is 3.65. The van der Waals surface area contributed by atoms with Crippen molar-refractivity contribution in [2.75, 3.05) is 0 Å². The van der Waals surface area contributed by atoms with E-state index in [9.17, 15) is 0 Å². The highest BCUT2D eigenvalue weighted by Gasteiger charge is 2.26. The number of hydrogen-bond donors (Lipinski definition) is 0. The fraction of sp³-hybridized carbons (Fsp3) is 0.0741. The smallest absolute Gasteiger partial charge is 0.0979 e. The van der Waals surface area contributed by atoms with Crippen molar-refractivity contribution >= 4 is 71.3 Å². The number of fused-ring (bicyclic) bond motifs is 9. The van der Waals surface area contributed by atoms with E-state index in [0.717, 1.165) is 68.8 Å². The van der Waals surface area contributed by atoms with Gasteiger partial charge in [-0.1, -0.05) is 153 Å². The maximum Gasteiger partial charge on any atom is 0.0979 e. The van der Waals surface area contributed by atoms with E-state index in [1.165, 1.54) is 60.2 Å². The predicted molar refractivity (Wildman–Crippen MR) is 243 cm³/mol. The summed E-state index contributed by atoms with van der Waals surface area (Å²) in [5, 5.41) is 12.9. The lowest BCUT2D eigenvalue weighted by Gasteiger charge is -2.38. The molecule has 2 aromatic heterocycles. The third kappa shape index (κ3) is 4.81. The molecule has 274 valence electrons. The summed E-state index contributed by atoms with van der Waals surface area (Å²) in [6, 6.07) is 56.5. The van der Waals surface area contributed by atoms with Gasteiger partial charge in [-0.3, -0.25) is 0 Å². The summed E-state index contributed by atoms with van der Waals surface area (Å²) in [7, 11) is 0. The molecule has 1 aliphatic heterocycles. The van der Waals surface area contributed by atoms with Crippen LogP contribution in [0.25, 0.3) is 105 Å². The lowest BCUT2D eigenvalue weighted by Crippen LogP contribution is -2.07. The molecule has 8 aromatic carbocycles. The molecule has 3 heterocycles. The summed E-state index contributed by atoms with van der Waals surface area (Å²) in [5.41, 5.74) is 16.3. The first-order valence-corrected chi connectivity index (χ1v) is 20.3. The molecular formula is C54H37N4-. The standard InChI is InChI=1S/C54H37N4/c1-2-33-16-6-7-19-37(33)49-40-29-28-35(32-43(40)50-42-22-10-14-26-47(42)58-48-27-15-13-25-46(48)57-53(49)54(50)58)36-30-31-41(39-21-9-8-20-38(36)39)52-51(34-17-4-3-5-18-34)55-44-23-11-12-24-45(44)56-52/h3-15,17-33H,2,16H2,1H3/q-1. The van der Waals surface area contributed by atoms with E-state index in [-0.39, 0.29) is 0 Å². The van der Waals surface area contributed by atoms with Crippen LogP contribution in [0.15, 0.2) is 176 Å². The van der Waals surface area contributed by atoms with Crippen LogP contribution in [-0.4, -0.2) is 14.5 Å². The lowest BCUT2D eigenvalue weighted by molar-refractivity contribution is 0.653. The second kappa shape index (κ2) is 12.9. The first-order valence-electron chi connectivity index (χ1n) is 20.3. The molecule has 0 fully saturated rings. The number of benzene rings is 8. The predicted octanol–water partition coefficient (Wildman–Crippen LogP) is 15.1. The molecule has 0 spiro atoms. The van der Waals surface area contributed by atoms with Gasteiger partial charge in [-0.25, -0.2) is 9.97 Å². The van der Waals surface area contributed by atoms with Crippen LogP contribution in [-0.2, 0) is 0 Å². The molecule has 2 aliphatic rings.